The Morgan fingerprint density at radius 1 is 1.56 bits per heavy atom. The van der Waals surface area contributed by atoms with E-state index in [1.165, 1.54) is 6.07 Å². The predicted octanol–water partition coefficient (Wildman–Crippen LogP) is 3.18. The maximum Gasteiger partial charge on any atom is 0.276 e. The summed E-state index contributed by atoms with van der Waals surface area (Å²) < 4.78 is 13.1. The molecule has 0 fully saturated rings. The van der Waals surface area contributed by atoms with E-state index in [0.29, 0.717) is 17.5 Å². The van der Waals surface area contributed by atoms with Crippen LogP contribution in [-0.2, 0) is 0 Å². The maximum atomic E-state index is 13.1. The first kappa shape index (κ1) is 12.7. The molecular weight excluding hydrogens is 277 g/mol. The minimum absolute atomic E-state index is 0.233. The van der Waals surface area contributed by atoms with E-state index in [2.05, 4.69) is 27.8 Å². The van der Waals surface area contributed by atoms with Gasteiger partial charge in [0.2, 0.25) is 0 Å². The lowest BCUT2D eigenvalue weighted by Gasteiger charge is -2.00. The van der Waals surface area contributed by atoms with E-state index in [1.807, 2.05) is 0 Å². The SMILES string of the molecule is Cc1c(C#CCCBr)cc(F)cc1[N+](=O)[O-]. The Balaban J connectivity index is 3.21. The van der Waals surface area contributed by atoms with Crippen molar-refractivity contribution >= 4 is 21.6 Å². The molecule has 0 N–H and O–H groups in total. The van der Waals surface area contributed by atoms with Crippen molar-refractivity contribution in [1.82, 2.24) is 0 Å². The first-order valence-electron chi connectivity index (χ1n) is 4.55. The van der Waals surface area contributed by atoms with Crippen molar-refractivity contribution in [2.24, 2.45) is 0 Å². The summed E-state index contributed by atoms with van der Waals surface area (Å²) in [6.45, 7) is 1.57. The highest BCUT2D eigenvalue weighted by Crippen LogP contribution is 2.22. The number of alkyl halides is 1. The normalized spacial score (nSPS) is 9.44. The molecule has 0 aromatic heterocycles. The number of hydrogen-bond donors (Lipinski definition) is 0. The Hall–Kier alpha value is -1.41. The van der Waals surface area contributed by atoms with Gasteiger partial charge in [0.25, 0.3) is 5.69 Å². The Bertz CT molecular complexity index is 477. The van der Waals surface area contributed by atoms with Crippen LogP contribution in [0.1, 0.15) is 17.5 Å². The van der Waals surface area contributed by atoms with Gasteiger partial charge in [0.05, 0.1) is 11.0 Å². The molecule has 1 aromatic rings. The molecule has 1 rings (SSSR count). The van der Waals surface area contributed by atoms with Crippen molar-refractivity contribution < 1.29 is 9.31 Å². The zero-order valence-corrected chi connectivity index (χ0v) is 10.2. The number of rotatable bonds is 2. The van der Waals surface area contributed by atoms with E-state index in [1.54, 1.807) is 6.92 Å². The summed E-state index contributed by atoms with van der Waals surface area (Å²) >= 11 is 3.21. The Morgan fingerprint density at radius 3 is 2.81 bits per heavy atom. The number of nitro benzene ring substituents is 1. The largest absolute Gasteiger partial charge is 0.276 e. The molecule has 3 nitrogen and oxygen atoms in total. The first-order valence-corrected chi connectivity index (χ1v) is 5.67. The zero-order valence-electron chi connectivity index (χ0n) is 8.59. The monoisotopic (exact) mass is 285 g/mol. The molecule has 0 aliphatic carbocycles. The number of benzene rings is 1. The van der Waals surface area contributed by atoms with Crippen molar-refractivity contribution in [2.75, 3.05) is 5.33 Å². The van der Waals surface area contributed by atoms with Crippen LogP contribution in [0, 0.1) is 34.7 Å². The summed E-state index contributed by atoms with van der Waals surface area (Å²) in [4.78, 5) is 10.0. The smallest absolute Gasteiger partial charge is 0.258 e. The molecule has 0 spiro atoms. The van der Waals surface area contributed by atoms with Gasteiger partial charge in [-0.15, -0.1) is 0 Å². The van der Waals surface area contributed by atoms with Gasteiger partial charge in [0.15, 0.2) is 0 Å². The molecule has 0 amide bonds. The quantitative estimate of drug-likeness (QED) is 0.363. The van der Waals surface area contributed by atoms with E-state index in [9.17, 15) is 14.5 Å². The lowest BCUT2D eigenvalue weighted by molar-refractivity contribution is -0.385. The molecule has 0 unspecified atom stereocenters. The highest BCUT2D eigenvalue weighted by Gasteiger charge is 2.15. The Morgan fingerprint density at radius 2 is 2.25 bits per heavy atom. The molecule has 0 aliphatic rings. The van der Waals surface area contributed by atoms with Crippen molar-refractivity contribution in [2.45, 2.75) is 13.3 Å². The summed E-state index contributed by atoms with van der Waals surface area (Å²) in [5.74, 6) is 4.89. The molecule has 0 saturated heterocycles. The van der Waals surface area contributed by atoms with Crippen LogP contribution in [0.5, 0.6) is 0 Å². The van der Waals surface area contributed by atoms with E-state index in [0.717, 1.165) is 11.4 Å². The van der Waals surface area contributed by atoms with Gasteiger partial charge in [-0.1, -0.05) is 27.8 Å². The Labute approximate surface area is 101 Å². The third kappa shape index (κ3) is 3.04. The molecule has 5 heteroatoms. The van der Waals surface area contributed by atoms with Gasteiger partial charge < -0.3 is 0 Å². The fraction of sp³-hybridized carbons (Fsp3) is 0.273. The van der Waals surface area contributed by atoms with Crippen LogP contribution in [-0.4, -0.2) is 10.3 Å². The van der Waals surface area contributed by atoms with Crippen molar-refractivity contribution in [3.63, 3.8) is 0 Å². The fourth-order valence-electron chi connectivity index (χ4n) is 1.19. The molecule has 0 radical (unpaired) electrons. The topological polar surface area (TPSA) is 43.1 Å². The highest BCUT2D eigenvalue weighted by molar-refractivity contribution is 9.09. The van der Waals surface area contributed by atoms with E-state index in [-0.39, 0.29) is 5.69 Å². The molecule has 16 heavy (non-hydrogen) atoms. The van der Waals surface area contributed by atoms with E-state index >= 15 is 0 Å². The average Bonchev–Trinajstić information content (AvgIpc) is 2.22. The first-order chi connectivity index (χ1) is 7.56. The molecule has 0 saturated carbocycles. The van der Waals surface area contributed by atoms with Crippen LogP contribution >= 0.6 is 15.9 Å². The molecule has 1 aromatic carbocycles. The molecule has 0 heterocycles. The van der Waals surface area contributed by atoms with Gasteiger partial charge in [-0.05, 0) is 13.0 Å². The number of hydrogen-bond acceptors (Lipinski definition) is 2. The number of nitrogens with zero attached hydrogens (tertiary/aromatic N) is 1. The molecule has 0 atom stereocenters. The van der Waals surface area contributed by atoms with E-state index in [4.69, 9.17) is 0 Å². The number of nitro groups is 1. The minimum atomic E-state index is -0.638. The van der Waals surface area contributed by atoms with Crippen LogP contribution in [0.3, 0.4) is 0 Å². The fourth-order valence-corrected chi connectivity index (χ4v) is 1.39. The van der Waals surface area contributed by atoms with Gasteiger partial charge in [-0.2, -0.15) is 0 Å². The average molecular weight is 286 g/mol. The van der Waals surface area contributed by atoms with Gasteiger partial charge in [0, 0.05) is 22.9 Å². The summed E-state index contributed by atoms with van der Waals surface area (Å²) in [6.07, 6.45) is 0.615. The van der Waals surface area contributed by atoms with Crippen molar-refractivity contribution in [3.8, 4) is 11.8 Å². The molecule has 0 bridgehead atoms. The summed E-state index contributed by atoms with van der Waals surface area (Å²) in [6, 6.07) is 2.12. The lowest BCUT2D eigenvalue weighted by atomic mass is 10.1. The third-order valence-corrected chi connectivity index (χ3v) is 2.38. The van der Waals surface area contributed by atoms with Crippen LogP contribution in [0.15, 0.2) is 12.1 Å². The van der Waals surface area contributed by atoms with Crippen LogP contribution in [0.25, 0.3) is 0 Å². The van der Waals surface area contributed by atoms with Gasteiger partial charge in [-0.3, -0.25) is 10.1 Å². The van der Waals surface area contributed by atoms with E-state index < -0.39 is 10.7 Å². The second-order valence-electron chi connectivity index (χ2n) is 3.10. The molecular formula is C11H9BrFNO2. The highest BCUT2D eigenvalue weighted by atomic mass is 79.9. The van der Waals surface area contributed by atoms with Crippen molar-refractivity contribution in [3.05, 3.63) is 39.2 Å². The van der Waals surface area contributed by atoms with Gasteiger partial charge >= 0.3 is 0 Å². The van der Waals surface area contributed by atoms with Crippen LogP contribution in [0.2, 0.25) is 0 Å². The Kier molecular flexibility index (Phi) is 4.44. The predicted molar refractivity (Wildman–Crippen MR) is 63.1 cm³/mol. The maximum absolute atomic E-state index is 13.1. The second kappa shape index (κ2) is 5.61. The minimum Gasteiger partial charge on any atom is -0.258 e. The molecule has 84 valence electrons. The summed E-state index contributed by atoms with van der Waals surface area (Å²) in [5, 5.41) is 11.4. The van der Waals surface area contributed by atoms with Crippen LogP contribution in [0.4, 0.5) is 10.1 Å². The zero-order chi connectivity index (χ0) is 12.1. The summed E-state index contributed by atoms with van der Waals surface area (Å²) in [5.41, 5.74) is 0.532. The summed E-state index contributed by atoms with van der Waals surface area (Å²) in [7, 11) is 0. The second-order valence-corrected chi connectivity index (χ2v) is 3.89. The van der Waals surface area contributed by atoms with Crippen LogP contribution < -0.4 is 0 Å². The standard InChI is InChI=1S/C11H9BrFNO2/c1-8-9(4-2-3-5-12)6-10(13)7-11(8)14(15)16/h6-7H,3,5H2,1H3. The van der Waals surface area contributed by atoms with Gasteiger partial charge in [-0.25, -0.2) is 4.39 Å². The van der Waals surface area contributed by atoms with Gasteiger partial charge in [0.1, 0.15) is 5.82 Å². The molecule has 0 aliphatic heterocycles. The number of halogens is 2. The third-order valence-electron chi connectivity index (χ3n) is 1.98. The lowest BCUT2D eigenvalue weighted by Crippen LogP contribution is -1.96. The van der Waals surface area contributed by atoms with Crippen molar-refractivity contribution in [1.29, 1.82) is 0 Å².